The molecule has 3 aliphatic carbocycles. The van der Waals surface area contributed by atoms with Gasteiger partial charge in [-0.3, -0.25) is 0 Å². The number of hydrogen-bond donors (Lipinski definition) is 0. The summed E-state index contributed by atoms with van der Waals surface area (Å²) < 4.78 is 0. The molecule has 0 aromatic rings. The minimum absolute atomic E-state index is 1.05. The van der Waals surface area contributed by atoms with Crippen LogP contribution in [0, 0.1) is 35.5 Å². The first-order valence-corrected chi connectivity index (χ1v) is 13.8. The Hall–Kier alpha value is 0. The van der Waals surface area contributed by atoms with Gasteiger partial charge in [0.25, 0.3) is 0 Å². The van der Waals surface area contributed by atoms with E-state index in [4.69, 9.17) is 0 Å². The third kappa shape index (κ3) is 7.36. The average Bonchev–Trinajstić information content (AvgIpc) is 2.75. The fraction of sp³-hybridized carbons (Fsp3) is 1.00. The molecular formula is C28H52. The van der Waals surface area contributed by atoms with Crippen LogP contribution >= 0.6 is 0 Å². The lowest BCUT2D eigenvalue weighted by Crippen LogP contribution is -2.27. The summed E-state index contributed by atoms with van der Waals surface area (Å²) in [7, 11) is 0. The van der Waals surface area contributed by atoms with Gasteiger partial charge in [-0.2, -0.15) is 0 Å². The molecular weight excluding hydrogens is 336 g/mol. The minimum atomic E-state index is 1.05. The lowest BCUT2D eigenvalue weighted by Gasteiger charge is -2.39. The Morgan fingerprint density at radius 3 is 1.75 bits per heavy atom. The lowest BCUT2D eigenvalue weighted by atomic mass is 9.67. The molecule has 3 saturated carbocycles. The fourth-order valence-electron chi connectivity index (χ4n) is 7.32. The molecule has 0 bridgehead atoms. The van der Waals surface area contributed by atoms with E-state index >= 15 is 0 Å². The maximum absolute atomic E-state index is 2.45. The van der Waals surface area contributed by atoms with Crippen molar-refractivity contribution < 1.29 is 0 Å². The van der Waals surface area contributed by atoms with Crippen LogP contribution < -0.4 is 0 Å². The van der Waals surface area contributed by atoms with Gasteiger partial charge in [0.2, 0.25) is 0 Å². The monoisotopic (exact) mass is 388 g/mol. The Kier molecular flexibility index (Phi) is 10.2. The normalized spacial score (nSPS) is 35.1. The zero-order valence-electron chi connectivity index (χ0n) is 19.6. The summed E-state index contributed by atoms with van der Waals surface area (Å²) in [6.07, 6.45) is 30.7. The number of unbranched alkanes of at least 4 members (excludes halogenated alkanes) is 2. The zero-order chi connectivity index (χ0) is 19.6. The average molecular weight is 389 g/mol. The SMILES string of the molecule is CCC1CCC(CC)C(CC2CCC(CCCCCC3CCCCC3)CC2)C1. The molecule has 0 radical (unpaired) electrons. The van der Waals surface area contributed by atoms with E-state index in [-0.39, 0.29) is 0 Å². The van der Waals surface area contributed by atoms with Crippen molar-refractivity contribution in [2.45, 2.75) is 142 Å². The zero-order valence-corrected chi connectivity index (χ0v) is 19.6. The van der Waals surface area contributed by atoms with Gasteiger partial charge < -0.3 is 0 Å². The van der Waals surface area contributed by atoms with Crippen LogP contribution in [0.5, 0.6) is 0 Å². The molecule has 0 aliphatic heterocycles. The fourth-order valence-corrected chi connectivity index (χ4v) is 7.32. The molecule has 3 unspecified atom stereocenters. The van der Waals surface area contributed by atoms with Crippen LogP contribution in [0.25, 0.3) is 0 Å². The van der Waals surface area contributed by atoms with E-state index in [9.17, 15) is 0 Å². The van der Waals surface area contributed by atoms with Crippen molar-refractivity contribution in [3.8, 4) is 0 Å². The van der Waals surface area contributed by atoms with E-state index in [1.165, 1.54) is 64.2 Å². The van der Waals surface area contributed by atoms with Crippen molar-refractivity contribution in [2.24, 2.45) is 35.5 Å². The van der Waals surface area contributed by atoms with Gasteiger partial charge in [-0.05, 0) is 54.8 Å². The quantitative estimate of drug-likeness (QED) is 0.327. The van der Waals surface area contributed by atoms with E-state index < -0.39 is 0 Å². The second-order valence-corrected chi connectivity index (χ2v) is 11.3. The summed E-state index contributed by atoms with van der Waals surface area (Å²) in [6.45, 7) is 4.88. The highest BCUT2D eigenvalue weighted by Gasteiger charge is 2.31. The van der Waals surface area contributed by atoms with Gasteiger partial charge in [0.15, 0.2) is 0 Å². The number of hydrogen-bond acceptors (Lipinski definition) is 0. The summed E-state index contributed by atoms with van der Waals surface area (Å²) in [5.74, 6) is 6.45. The van der Waals surface area contributed by atoms with Gasteiger partial charge in [-0.1, -0.05) is 123 Å². The van der Waals surface area contributed by atoms with E-state index in [0.29, 0.717) is 0 Å². The number of rotatable bonds is 10. The van der Waals surface area contributed by atoms with Crippen LogP contribution in [0.1, 0.15) is 142 Å². The first-order chi connectivity index (χ1) is 13.8. The molecule has 0 saturated heterocycles. The summed E-state index contributed by atoms with van der Waals surface area (Å²) in [6, 6.07) is 0. The van der Waals surface area contributed by atoms with Crippen molar-refractivity contribution in [2.75, 3.05) is 0 Å². The Morgan fingerprint density at radius 1 is 0.500 bits per heavy atom. The van der Waals surface area contributed by atoms with Crippen LogP contribution in [-0.2, 0) is 0 Å². The second kappa shape index (κ2) is 12.6. The Balaban J connectivity index is 1.25. The van der Waals surface area contributed by atoms with Crippen molar-refractivity contribution in [3.63, 3.8) is 0 Å². The minimum Gasteiger partial charge on any atom is -0.0651 e. The highest BCUT2D eigenvalue weighted by atomic mass is 14.4. The third-order valence-electron chi connectivity index (χ3n) is 9.40. The van der Waals surface area contributed by atoms with Crippen molar-refractivity contribution in [1.82, 2.24) is 0 Å². The molecule has 0 aromatic heterocycles. The molecule has 0 heteroatoms. The van der Waals surface area contributed by atoms with Crippen molar-refractivity contribution >= 4 is 0 Å². The highest BCUT2D eigenvalue weighted by Crippen LogP contribution is 2.43. The van der Waals surface area contributed by atoms with Gasteiger partial charge >= 0.3 is 0 Å². The van der Waals surface area contributed by atoms with Gasteiger partial charge in [0, 0.05) is 0 Å². The van der Waals surface area contributed by atoms with Gasteiger partial charge in [0.1, 0.15) is 0 Å². The van der Waals surface area contributed by atoms with Crippen molar-refractivity contribution in [3.05, 3.63) is 0 Å². The van der Waals surface area contributed by atoms with Crippen LogP contribution in [0.15, 0.2) is 0 Å². The standard InChI is InChI=1S/C28H52/c1-3-23-19-20-27(4-2)28(21-23)22-26-17-15-25(16-18-26)14-10-6-9-13-24-11-7-5-8-12-24/h23-28H,3-22H2,1-2H3. The first kappa shape index (κ1) is 22.7. The molecule has 0 amide bonds. The predicted molar refractivity (Wildman–Crippen MR) is 125 cm³/mol. The molecule has 3 fully saturated rings. The molecule has 0 spiro atoms. The Morgan fingerprint density at radius 2 is 1.11 bits per heavy atom. The van der Waals surface area contributed by atoms with E-state index in [0.717, 1.165) is 35.5 Å². The topological polar surface area (TPSA) is 0 Å². The maximum Gasteiger partial charge on any atom is -0.0381 e. The maximum atomic E-state index is 2.45. The lowest BCUT2D eigenvalue weighted by molar-refractivity contribution is 0.124. The van der Waals surface area contributed by atoms with Crippen LogP contribution in [0.2, 0.25) is 0 Å². The predicted octanol–water partition coefficient (Wildman–Crippen LogP) is 9.57. The summed E-state index contributed by atoms with van der Waals surface area (Å²) in [5, 5.41) is 0. The highest BCUT2D eigenvalue weighted by molar-refractivity contribution is 4.83. The van der Waals surface area contributed by atoms with Crippen LogP contribution in [-0.4, -0.2) is 0 Å². The third-order valence-corrected chi connectivity index (χ3v) is 9.40. The van der Waals surface area contributed by atoms with Gasteiger partial charge in [0.05, 0.1) is 0 Å². The van der Waals surface area contributed by atoms with Crippen molar-refractivity contribution in [1.29, 1.82) is 0 Å². The van der Waals surface area contributed by atoms with E-state index in [1.807, 2.05) is 0 Å². The largest absolute Gasteiger partial charge is 0.0651 e. The van der Waals surface area contributed by atoms with E-state index in [2.05, 4.69) is 13.8 Å². The summed E-state index contributed by atoms with van der Waals surface area (Å²) in [4.78, 5) is 0. The first-order valence-electron chi connectivity index (χ1n) is 13.8. The summed E-state index contributed by atoms with van der Waals surface area (Å²) >= 11 is 0. The summed E-state index contributed by atoms with van der Waals surface area (Å²) in [5.41, 5.74) is 0. The van der Waals surface area contributed by atoms with Gasteiger partial charge in [-0.25, -0.2) is 0 Å². The van der Waals surface area contributed by atoms with Crippen LogP contribution in [0.3, 0.4) is 0 Å². The molecule has 0 aromatic carbocycles. The molecule has 3 rings (SSSR count). The van der Waals surface area contributed by atoms with Gasteiger partial charge in [-0.15, -0.1) is 0 Å². The Labute approximate surface area is 178 Å². The smallest absolute Gasteiger partial charge is 0.0381 e. The molecule has 28 heavy (non-hydrogen) atoms. The molecule has 164 valence electrons. The molecule has 0 heterocycles. The van der Waals surface area contributed by atoms with E-state index in [1.54, 1.807) is 64.2 Å². The molecule has 0 nitrogen and oxygen atoms in total. The molecule has 0 N–H and O–H groups in total. The second-order valence-electron chi connectivity index (χ2n) is 11.3. The molecule has 3 atom stereocenters. The molecule has 3 aliphatic rings. The Bertz CT molecular complexity index is 385. The van der Waals surface area contributed by atoms with Crippen LogP contribution in [0.4, 0.5) is 0 Å².